The Bertz CT molecular complexity index is 394. The van der Waals surface area contributed by atoms with Gasteiger partial charge in [0.25, 0.3) is 0 Å². The molecule has 94 valence electrons. The van der Waals surface area contributed by atoms with Crippen LogP contribution in [0, 0.1) is 0 Å². The van der Waals surface area contributed by atoms with Crippen molar-refractivity contribution in [1.29, 1.82) is 0 Å². The summed E-state index contributed by atoms with van der Waals surface area (Å²) in [5, 5.41) is 3.28. The van der Waals surface area contributed by atoms with E-state index in [2.05, 4.69) is 38.1 Å². The van der Waals surface area contributed by atoms with Crippen molar-refractivity contribution < 1.29 is 4.74 Å². The lowest BCUT2D eigenvalue weighted by Gasteiger charge is -2.11. The summed E-state index contributed by atoms with van der Waals surface area (Å²) in [7, 11) is 1.70. The summed E-state index contributed by atoms with van der Waals surface area (Å²) >= 11 is 3.61. The molecule has 0 spiro atoms. The number of methoxy groups -OCH3 is 1. The molecule has 17 heavy (non-hydrogen) atoms. The van der Waals surface area contributed by atoms with E-state index in [9.17, 15) is 0 Å². The predicted molar refractivity (Wildman–Crippen MR) is 71.5 cm³/mol. The highest BCUT2D eigenvalue weighted by molar-refractivity contribution is 9.10. The Morgan fingerprint density at radius 3 is 2.76 bits per heavy atom. The fourth-order valence-electron chi connectivity index (χ4n) is 1.73. The summed E-state index contributed by atoms with van der Waals surface area (Å²) in [6.07, 6.45) is 3.25. The standard InChI is InChI=1S/C12H18BrN3O/c1-3-14-12-10(13)11(8-4-5-8)15-9(16-12)6-7-17-2/h8H,3-7H2,1-2H3,(H,14,15,16). The number of ether oxygens (including phenoxy) is 1. The lowest BCUT2D eigenvalue weighted by Crippen LogP contribution is -2.09. The first-order chi connectivity index (χ1) is 8.26. The van der Waals surface area contributed by atoms with Gasteiger partial charge in [-0.1, -0.05) is 0 Å². The average molecular weight is 300 g/mol. The zero-order valence-electron chi connectivity index (χ0n) is 10.3. The highest BCUT2D eigenvalue weighted by Crippen LogP contribution is 2.43. The molecule has 1 N–H and O–H groups in total. The van der Waals surface area contributed by atoms with Gasteiger partial charge in [-0.3, -0.25) is 0 Å². The Labute approximate surface area is 110 Å². The van der Waals surface area contributed by atoms with Gasteiger partial charge >= 0.3 is 0 Å². The maximum atomic E-state index is 5.08. The lowest BCUT2D eigenvalue weighted by atomic mass is 10.2. The molecule has 1 aliphatic carbocycles. The third kappa shape index (κ3) is 3.16. The van der Waals surface area contributed by atoms with Gasteiger partial charge < -0.3 is 10.1 Å². The van der Waals surface area contributed by atoms with Crippen LogP contribution in [0.4, 0.5) is 5.82 Å². The Balaban J connectivity index is 2.26. The highest BCUT2D eigenvalue weighted by Gasteiger charge is 2.29. The molecule has 1 aromatic rings. The molecule has 1 saturated carbocycles. The van der Waals surface area contributed by atoms with Crippen molar-refractivity contribution >= 4 is 21.7 Å². The van der Waals surface area contributed by atoms with Gasteiger partial charge in [0.1, 0.15) is 11.6 Å². The maximum absolute atomic E-state index is 5.08. The van der Waals surface area contributed by atoms with Crippen LogP contribution in [-0.4, -0.2) is 30.2 Å². The summed E-state index contributed by atoms with van der Waals surface area (Å²) in [6.45, 7) is 3.60. The van der Waals surface area contributed by atoms with E-state index in [0.717, 1.165) is 34.8 Å². The molecular formula is C12H18BrN3O. The van der Waals surface area contributed by atoms with Gasteiger partial charge in [-0.25, -0.2) is 9.97 Å². The van der Waals surface area contributed by atoms with Gasteiger partial charge in [0.05, 0.1) is 16.8 Å². The highest BCUT2D eigenvalue weighted by atomic mass is 79.9. The zero-order valence-corrected chi connectivity index (χ0v) is 11.9. The molecule has 2 rings (SSSR count). The molecule has 0 atom stereocenters. The largest absolute Gasteiger partial charge is 0.384 e. The van der Waals surface area contributed by atoms with Crippen LogP contribution in [0.25, 0.3) is 0 Å². The molecule has 0 aliphatic heterocycles. The minimum Gasteiger partial charge on any atom is -0.384 e. The van der Waals surface area contributed by atoms with E-state index < -0.39 is 0 Å². The quantitative estimate of drug-likeness (QED) is 0.877. The van der Waals surface area contributed by atoms with Crippen molar-refractivity contribution in [1.82, 2.24) is 9.97 Å². The molecule has 1 aliphatic rings. The van der Waals surface area contributed by atoms with Gasteiger partial charge in [0.15, 0.2) is 0 Å². The summed E-state index contributed by atoms with van der Waals surface area (Å²) in [4.78, 5) is 9.16. The Kier molecular flexibility index (Phi) is 4.34. The van der Waals surface area contributed by atoms with Crippen molar-refractivity contribution in [3.05, 3.63) is 16.0 Å². The van der Waals surface area contributed by atoms with Crippen molar-refractivity contribution in [2.75, 3.05) is 25.6 Å². The van der Waals surface area contributed by atoms with E-state index >= 15 is 0 Å². The monoisotopic (exact) mass is 299 g/mol. The number of anilines is 1. The van der Waals surface area contributed by atoms with E-state index in [4.69, 9.17) is 4.74 Å². The molecule has 0 radical (unpaired) electrons. The number of nitrogens with one attached hydrogen (secondary N) is 1. The zero-order chi connectivity index (χ0) is 12.3. The van der Waals surface area contributed by atoms with Crippen LogP contribution in [0.2, 0.25) is 0 Å². The molecular weight excluding hydrogens is 282 g/mol. The van der Waals surface area contributed by atoms with Crippen LogP contribution in [0.15, 0.2) is 4.47 Å². The molecule has 0 bridgehead atoms. The molecule has 4 nitrogen and oxygen atoms in total. The average Bonchev–Trinajstić information content (AvgIpc) is 3.14. The predicted octanol–water partition coefficient (Wildman–Crippen LogP) is 2.74. The molecule has 0 amide bonds. The Morgan fingerprint density at radius 1 is 1.41 bits per heavy atom. The van der Waals surface area contributed by atoms with Crippen LogP contribution in [0.3, 0.4) is 0 Å². The third-order valence-electron chi connectivity index (χ3n) is 2.76. The summed E-state index contributed by atoms with van der Waals surface area (Å²) in [6, 6.07) is 0. The van der Waals surface area contributed by atoms with Gasteiger partial charge in [-0.2, -0.15) is 0 Å². The topological polar surface area (TPSA) is 47.0 Å². The molecule has 1 heterocycles. The van der Waals surface area contributed by atoms with Crippen LogP contribution in [0.1, 0.15) is 37.2 Å². The SMILES string of the molecule is CCNc1nc(CCOC)nc(C2CC2)c1Br. The van der Waals surface area contributed by atoms with E-state index in [0.29, 0.717) is 12.5 Å². The van der Waals surface area contributed by atoms with E-state index in [1.807, 2.05) is 0 Å². The van der Waals surface area contributed by atoms with Crippen molar-refractivity contribution in [2.45, 2.75) is 32.1 Å². The molecule has 5 heteroatoms. The second-order valence-corrected chi connectivity index (χ2v) is 5.03. The molecule has 1 fully saturated rings. The summed E-state index contributed by atoms with van der Waals surface area (Å²) < 4.78 is 6.11. The van der Waals surface area contributed by atoms with E-state index in [-0.39, 0.29) is 0 Å². The number of hydrogen-bond donors (Lipinski definition) is 1. The van der Waals surface area contributed by atoms with Gasteiger partial charge in [-0.15, -0.1) is 0 Å². The third-order valence-corrected chi connectivity index (χ3v) is 3.54. The smallest absolute Gasteiger partial charge is 0.144 e. The Hall–Kier alpha value is -0.680. The van der Waals surface area contributed by atoms with Gasteiger partial charge in [0, 0.05) is 26.0 Å². The number of rotatable bonds is 6. The number of aromatic nitrogens is 2. The van der Waals surface area contributed by atoms with Crippen LogP contribution in [0.5, 0.6) is 0 Å². The first-order valence-electron chi connectivity index (χ1n) is 6.05. The van der Waals surface area contributed by atoms with Gasteiger partial charge in [-0.05, 0) is 35.7 Å². The van der Waals surface area contributed by atoms with E-state index in [1.165, 1.54) is 12.8 Å². The fraction of sp³-hybridized carbons (Fsp3) is 0.667. The maximum Gasteiger partial charge on any atom is 0.144 e. The first-order valence-corrected chi connectivity index (χ1v) is 6.84. The molecule has 0 aromatic carbocycles. The normalized spacial score (nSPS) is 15.0. The number of hydrogen-bond acceptors (Lipinski definition) is 4. The van der Waals surface area contributed by atoms with E-state index in [1.54, 1.807) is 7.11 Å². The minimum absolute atomic E-state index is 0.617. The van der Waals surface area contributed by atoms with Crippen LogP contribution >= 0.6 is 15.9 Å². The van der Waals surface area contributed by atoms with Crippen molar-refractivity contribution in [3.63, 3.8) is 0 Å². The Morgan fingerprint density at radius 2 is 2.18 bits per heavy atom. The first kappa shape index (κ1) is 12.8. The molecule has 0 saturated heterocycles. The van der Waals surface area contributed by atoms with Gasteiger partial charge in [0.2, 0.25) is 0 Å². The second kappa shape index (κ2) is 5.78. The summed E-state index contributed by atoms with van der Waals surface area (Å²) in [5.74, 6) is 2.40. The van der Waals surface area contributed by atoms with Crippen molar-refractivity contribution in [2.24, 2.45) is 0 Å². The van der Waals surface area contributed by atoms with Crippen LogP contribution in [-0.2, 0) is 11.2 Å². The van der Waals surface area contributed by atoms with Crippen molar-refractivity contribution in [3.8, 4) is 0 Å². The second-order valence-electron chi connectivity index (χ2n) is 4.24. The molecule has 1 aromatic heterocycles. The molecule has 0 unspecified atom stereocenters. The van der Waals surface area contributed by atoms with Crippen LogP contribution < -0.4 is 5.32 Å². The fourth-order valence-corrected chi connectivity index (χ4v) is 2.37. The lowest BCUT2D eigenvalue weighted by molar-refractivity contribution is 0.200. The summed E-state index contributed by atoms with van der Waals surface area (Å²) in [5.41, 5.74) is 1.15. The number of halogens is 1. The number of nitrogens with zero attached hydrogens (tertiary/aromatic N) is 2. The minimum atomic E-state index is 0.617.